The van der Waals surface area contributed by atoms with Crippen LogP contribution >= 0.6 is 65.7 Å². The van der Waals surface area contributed by atoms with Crippen molar-refractivity contribution in [2.45, 2.75) is 26.2 Å². The van der Waals surface area contributed by atoms with Crippen LogP contribution in [-0.2, 0) is 26.2 Å². The molecule has 0 bridgehead atoms. The zero-order valence-electron chi connectivity index (χ0n) is 20.7. The van der Waals surface area contributed by atoms with E-state index in [1.807, 2.05) is 24.3 Å². The molecule has 38 heavy (non-hydrogen) atoms. The van der Waals surface area contributed by atoms with Crippen molar-refractivity contribution >= 4 is 74.3 Å². The lowest BCUT2D eigenvalue weighted by Gasteiger charge is -2.25. The highest BCUT2D eigenvalue weighted by molar-refractivity contribution is 9.29. The fourth-order valence-electron chi connectivity index (χ4n) is 3.78. The summed E-state index contributed by atoms with van der Waals surface area (Å²) in [5.74, 6) is 0. The Hall–Kier alpha value is -1.94. The molecule has 0 aliphatic carbocycles. The molecule has 0 saturated heterocycles. The minimum Gasteiger partial charge on any atom is -0.348 e. The largest absolute Gasteiger partial charge is 0.348 e. The molecule has 2 nitrogen and oxygen atoms in total. The topological polar surface area (TPSA) is 6.48 Å². The van der Waals surface area contributed by atoms with Crippen LogP contribution < -0.4 is 0 Å². The van der Waals surface area contributed by atoms with Crippen molar-refractivity contribution in [3.8, 4) is 0 Å². The van der Waals surface area contributed by atoms with Gasteiger partial charge in [-0.3, -0.25) is 0 Å². The van der Waals surface area contributed by atoms with Crippen molar-refractivity contribution < 1.29 is 0 Å². The third kappa shape index (κ3) is 9.98. The van der Waals surface area contributed by atoms with Crippen LogP contribution in [0.2, 0.25) is 0 Å². The van der Waals surface area contributed by atoms with E-state index in [0.717, 1.165) is 34.8 Å². The van der Waals surface area contributed by atoms with Gasteiger partial charge in [0, 0.05) is 26.2 Å². The molecule has 0 N–H and O–H groups in total. The SMILES string of the molecule is S=C(SSSSC(=S)N(Cc1ccccc1)Cc1ccccc1)N(Cc1ccccc1)Cc1ccccc1. The van der Waals surface area contributed by atoms with E-state index in [1.54, 1.807) is 41.2 Å². The van der Waals surface area contributed by atoms with Gasteiger partial charge in [-0.15, -0.1) is 0 Å². The summed E-state index contributed by atoms with van der Waals surface area (Å²) >= 11 is 11.8. The van der Waals surface area contributed by atoms with E-state index in [9.17, 15) is 0 Å². The maximum atomic E-state index is 5.88. The molecule has 0 spiro atoms. The molecule has 0 fully saturated rings. The number of hydrogen-bond acceptors (Lipinski definition) is 6. The third-order valence-electron chi connectivity index (χ3n) is 5.62. The first-order chi connectivity index (χ1) is 18.7. The highest BCUT2D eigenvalue weighted by Gasteiger charge is 2.16. The summed E-state index contributed by atoms with van der Waals surface area (Å²) in [5.41, 5.74) is 4.99. The highest BCUT2D eigenvalue weighted by atomic mass is 33.7. The number of benzene rings is 4. The average Bonchev–Trinajstić information content (AvgIpc) is 2.96. The third-order valence-corrected chi connectivity index (χ3v) is 13.0. The zero-order chi connectivity index (χ0) is 26.4. The van der Waals surface area contributed by atoms with E-state index in [4.69, 9.17) is 24.4 Å². The van der Waals surface area contributed by atoms with Crippen LogP contribution in [0.5, 0.6) is 0 Å². The van der Waals surface area contributed by atoms with Crippen LogP contribution in [-0.4, -0.2) is 18.4 Å². The number of rotatable bonds is 11. The van der Waals surface area contributed by atoms with Crippen molar-refractivity contribution in [2.75, 3.05) is 0 Å². The first kappa shape index (κ1) is 29.1. The lowest BCUT2D eigenvalue weighted by atomic mass is 10.2. The van der Waals surface area contributed by atoms with Crippen LogP contribution in [0.25, 0.3) is 0 Å². The summed E-state index contributed by atoms with van der Waals surface area (Å²) in [6, 6.07) is 42.0. The molecular weight excluding hydrogens is 581 g/mol. The monoisotopic (exact) mass is 608 g/mol. The first-order valence-corrected chi connectivity index (χ1v) is 17.7. The number of nitrogens with zero attached hydrogens (tertiary/aromatic N) is 2. The molecule has 4 rings (SSSR count). The second kappa shape index (κ2) is 16.2. The Bertz CT molecular complexity index is 1070. The van der Waals surface area contributed by atoms with Crippen molar-refractivity contribution in [1.29, 1.82) is 0 Å². The summed E-state index contributed by atoms with van der Waals surface area (Å²) in [7, 11) is 6.58. The van der Waals surface area contributed by atoms with Gasteiger partial charge in [-0.25, -0.2) is 0 Å². The molecule has 0 atom stereocenters. The lowest BCUT2D eigenvalue weighted by molar-refractivity contribution is 0.421. The van der Waals surface area contributed by atoms with Gasteiger partial charge in [0.1, 0.15) is 8.64 Å². The second-order valence-corrected chi connectivity index (χ2v) is 15.4. The Morgan fingerprint density at radius 2 is 0.658 bits per heavy atom. The van der Waals surface area contributed by atoms with Crippen molar-refractivity contribution in [1.82, 2.24) is 9.80 Å². The Morgan fingerprint density at radius 3 is 0.895 bits per heavy atom. The summed E-state index contributed by atoms with van der Waals surface area (Å²) in [5, 5.41) is 0. The molecule has 8 heteroatoms. The number of thiocarbonyl (C=S) groups is 2. The van der Waals surface area contributed by atoms with Gasteiger partial charge in [-0.05, 0) is 63.5 Å². The molecule has 0 aliphatic rings. The van der Waals surface area contributed by atoms with Crippen LogP contribution in [0.15, 0.2) is 121 Å². The van der Waals surface area contributed by atoms with Crippen LogP contribution in [0.4, 0.5) is 0 Å². The Balaban J connectivity index is 1.32. The van der Waals surface area contributed by atoms with Gasteiger partial charge in [0.05, 0.1) is 0 Å². The van der Waals surface area contributed by atoms with Gasteiger partial charge < -0.3 is 9.80 Å². The molecule has 4 aromatic rings. The zero-order valence-corrected chi connectivity index (χ0v) is 25.6. The average molecular weight is 609 g/mol. The van der Waals surface area contributed by atoms with E-state index in [0.29, 0.717) is 0 Å². The Kier molecular flexibility index (Phi) is 12.4. The first-order valence-electron chi connectivity index (χ1n) is 12.1. The minimum absolute atomic E-state index is 0.778. The fraction of sp³-hybridized carbons (Fsp3) is 0.133. The molecule has 0 unspecified atom stereocenters. The van der Waals surface area contributed by atoms with Crippen molar-refractivity contribution in [3.05, 3.63) is 144 Å². The van der Waals surface area contributed by atoms with Gasteiger partial charge in [0.15, 0.2) is 0 Å². The smallest absolute Gasteiger partial charge is 0.148 e. The maximum absolute atomic E-state index is 5.88. The molecule has 0 amide bonds. The summed E-state index contributed by atoms with van der Waals surface area (Å²) < 4.78 is 1.74. The Labute approximate surface area is 252 Å². The quantitative estimate of drug-likeness (QED) is 0.0931. The van der Waals surface area contributed by atoms with Crippen molar-refractivity contribution in [3.63, 3.8) is 0 Å². The lowest BCUT2D eigenvalue weighted by Crippen LogP contribution is -2.26. The molecule has 0 saturated carbocycles. The molecule has 0 aromatic heterocycles. The summed E-state index contributed by atoms with van der Waals surface area (Å²) in [4.78, 5) is 4.52. The van der Waals surface area contributed by atoms with E-state index in [-0.39, 0.29) is 0 Å². The summed E-state index contributed by atoms with van der Waals surface area (Å²) in [6.07, 6.45) is 0. The molecule has 194 valence electrons. The van der Waals surface area contributed by atoms with Crippen LogP contribution in [0, 0.1) is 0 Å². The van der Waals surface area contributed by atoms with Gasteiger partial charge in [0.25, 0.3) is 0 Å². The van der Waals surface area contributed by atoms with Crippen LogP contribution in [0.1, 0.15) is 22.3 Å². The maximum Gasteiger partial charge on any atom is 0.148 e. The van der Waals surface area contributed by atoms with E-state index in [1.165, 1.54) is 22.3 Å². The van der Waals surface area contributed by atoms with Gasteiger partial charge in [-0.1, -0.05) is 146 Å². The van der Waals surface area contributed by atoms with E-state index in [2.05, 4.69) is 107 Å². The van der Waals surface area contributed by atoms with Gasteiger partial charge >= 0.3 is 0 Å². The predicted molar refractivity (Wildman–Crippen MR) is 180 cm³/mol. The van der Waals surface area contributed by atoms with E-state index >= 15 is 0 Å². The van der Waals surface area contributed by atoms with Gasteiger partial charge in [-0.2, -0.15) is 0 Å². The molecular formula is C30H28N2S6. The second-order valence-electron chi connectivity index (χ2n) is 8.49. The van der Waals surface area contributed by atoms with Gasteiger partial charge in [0.2, 0.25) is 0 Å². The number of hydrogen-bond donors (Lipinski definition) is 0. The molecule has 4 aromatic carbocycles. The van der Waals surface area contributed by atoms with Crippen LogP contribution in [0.3, 0.4) is 0 Å². The molecule has 0 aliphatic heterocycles. The highest BCUT2D eigenvalue weighted by Crippen LogP contribution is 2.45. The summed E-state index contributed by atoms with van der Waals surface area (Å²) in [6.45, 7) is 3.11. The normalized spacial score (nSPS) is 10.6. The standard InChI is InChI=1S/C30H28N2S6/c33-29(31(21-25-13-5-1-6-14-25)22-26-15-7-2-8-16-26)35-37-38-36-30(34)32(23-27-17-9-3-10-18-27)24-28-19-11-4-12-20-28/h1-20H,21-24H2. The molecule has 0 radical (unpaired) electrons. The molecule has 0 heterocycles. The minimum atomic E-state index is 0.778. The Morgan fingerprint density at radius 1 is 0.421 bits per heavy atom. The fourth-order valence-corrected chi connectivity index (χ4v) is 10.4. The van der Waals surface area contributed by atoms with E-state index < -0.39 is 0 Å². The van der Waals surface area contributed by atoms with Crippen molar-refractivity contribution in [2.24, 2.45) is 0 Å². The predicted octanol–water partition coefficient (Wildman–Crippen LogP) is 9.64.